The van der Waals surface area contributed by atoms with E-state index in [1.54, 1.807) is 0 Å². The molecule has 0 aromatic heterocycles. The van der Waals surface area contributed by atoms with Gasteiger partial charge in [0.05, 0.1) is 12.7 Å². The first-order valence-electron chi connectivity index (χ1n) is 7.58. The zero-order valence-corrected chi connectivity index (χ0v) is 13.3. The molecule has 2 aliphatic heterocycles. The minimum Gasteiger partial charge on any atom is -0.375 e. The molecule has 0 aromatic rings. The maximum Gasteiger partial charge on any atom is 0.279 e. The molecule has 7 heteroatoms. The highest BCUT2D eigenvalue weighted by Gasteiger charge is 2.32. The Kier molecular flexibility index (Phi) is 5.80. The number of hydrogen-bond acceptors (Lipinski definition) is 4. The lowest BCUT2D eigenvalue weighted by atomic mass is 9.96. The summed E-state index contributed by atoms with van der Waals surface area (Å²) in [4.78, 5) is 0. The zero-order chi connectivity index (χ0) is 14.6. The van der Waals surface area contributed by atoms with Crippen LogP contribution in [0.25, 0.3) is 0 Å². The second-order valence-electron chi connectivity index (χ2n) is 5.96. The van der Waals surface area contributed by atoms with Gasteiger partial charge in [-0.25, -0.2) is 4.72 Å². The van der Waals surface area contributed by atoms with Crippen molar-refractivity contribution in [2.75, 3.05) is 32.8 Å². The molecule has 118 valence electrons. The predicted octanol–water partition coefficient (Wildman–Crippen LogP) is 0.320. The normalized spacial score (nSPS) is 33.2. The maximum atomic E-state index is 12.3. The molecule has 0 spiro atoms. The molecule has 0 bridgehead atoms. The topological polar surface area (TPSA) is 70.7 Å². The van der Waals surface area contributed by atoms with Crippen molar-refractivity contribution in [3.05, 3.63) is 0 Å². The second kappa shape index (κ2) is 7.17. The third-order valence-corrected chi connectivity index (χ3v) is 5.79. The van der Waals surface area contributed by atoms with Crippen LogP contribution in [-0.4, -0.2) is 57.7 Å². The minimum absolute atomic E-state index is 0.0367. The summed E-state index contributed by atoms with van der Waals surface area (Å²) >= 11 is 0. The third-order valence-electron chi connectivity index (χ3n) is 4.10. The lowest BCUT2D eigenvalue weighted by Gasteiger charge is -2.35. The van der Waals surface area contributed by atoms with Crippen molar-refractivity contribution in [1.82, 2.24) is 14.3 Å². The molecule has 2 rings (SSSR count). The highest BCUT2D eigenvalue weighted by molar-refractivity contribution is 7.87. The summed E-state index contributed by atoms with van der Waals surface area (Å²) in [5.41, 5.74) is 0. The molecular weight excluding hydrogens is 278 g/mol. The Labute approximate surface area is 122 Å². The summed E-state index contributed by atoms with van der Waals surface area (Å²) < 4.78 is 34.4. The van der Waals surface area contributed by atoms with Crippen LogP contribution in [-0.2, 0) is 14.9 Å². The van der Waals surface area contributed by atoms with Crippen LogP contribution in [0.1, 0.15) is 33.1 Å². The van der Waals surface area contributed by atoms with E-state index in [0.29, 0.717) is 25.6 Å². The largest absolute Gasteiger partial charge is 0.375 e. The number of ether oxygens (including phenoxy) is 1. The number of rotatable bonds is 5. The predicted molar refractivity (Wildman–Crippen MR) is 78.7 cm³/mol. The standard InChI is InChI=1S/C13H27N3O3S/c1-11-10-19-12(2)9-16(11)20(17,18)15-7-5-13-4-3-6-14-8-13/h11-15H,3-10H2,1-2H3/t11-,12-,13+/m1/s1. The molecule has 6 nitrogen and oxygen atoms in total. The van der Waals surface area contributed by atoms with E-state index in [9.17, 15) is 8.42 Å². The summed E-state index contributed by atoms with van der Waals surface area (Å²) in [6.07, 6.45) is 3.25. The molecule has 0 amide bonds. The van der Waals surface area contributed by atoms with Crippen LogP contribution in [0.5, 0.6) is 0 Å². The van der Waals surface area contributed by atoms with E-state index in [4.69, 9.17) is 4.74 Å². The van der Waals surface area contributed by atoms with Crippen molar-refractivity contribution in [3.63, 3.8) is 0 Å². The molecular formula is C13H27N3O3S. The smallest absolute Gasteiger partial charge is 0.279 e. The van der Waals surface area contributed by atoms with Gasteiger partial charge in [-0.3, -0.25) is 0 Å². The van der Waals surface area contributed by atoms with Crippen molar-refractivity contribution < 1.29 is 13.2 Å². The molecule has 2 heterocycles. The summed E-state index contributed by atoms with van der Waals surface area (Å²) in [5.74, 6) is 0.590. The Bertz CT molecular complexity index is 396. The van der Waals surface area contributed by atoms with Crippen LogP contribution >= 0.6 is 0 Å². The number of nitrogens with one attached hydrogen (secondary N) is 2. The summed E-state index contributed by atoms with van der Waals surface area (Å²) in [7, 11) is -3.38. The minimum atomic E-state index is -3.38. The third kappa shape index (κ3) is 4.39. The Morgan fingerprint density at radius 1 is 1.40 bits per heavy atom. The molecule has 0 saturated carbocycles. The second-order valence-corrected chi connectivity index (χ2v) is 7.67. The van der Waals surface area contributed by atoms with Gasteiger partial charge in [-0.1, -0.05) is 0 Å². The fourth-order valence-electron chi connectivity index (χ4n) is 2.85. The Balaban J connectivity index is 1.80. The highest BCUT2D eigenvalue weighted by atomic mass is 32.2. The van der Waals surface area contributed by atoms with Crippen molar-refractivity contribution in [2.45, 2.75) is 45.3 Å². The molecule has 2 fully saturated rings. The number of hydrogen-bond donors (Lipinski definition) is 2. The molecule has 0 radical (unpaired) electrons. The van der Waals surface area contributed by atoms with Gasteiger partial charge >= 0.3 is 0 Å². The molecule has 20 heavy (non-hydrogen) atoms. The first-order valence-corrected chi connectivity index (χ1v) is 9.02. The number of nitrogens with zero attached hydrogens (tertiary/aromatic N) is 1. The molecule has 2 N–H and O–H groups in total. The van der Waals surface area contributed by atoms with Gasteiger partial charge in [0.1, 0.15) is 0 Å². The first kappa shape index (κ1) is 16.2. The Morgan fingerprint density at radius 3 is 2.90 bits per heavy atom. The van der Waals surface area contributed by atoms with Gasteiger partial charge < -0.3 is 10.1 Å². The van der Waals surface area contributed by atoms with Crippen molar-refractivity contribution in [3.8, 4) is 0 Å². The van der Waals surface area contributed by atoms with Crippen LogP contribution < -0.4 is 10.0 Å². The van der Waals surface area contributed by atoms with Gasteiger partial charge in [0.25, 0.3) is 10.2 Å². The van der Waals surface area contributed by atoms with Crippen LogP contribution in [0.4, 0.5) is 0 Å². The van der Waals surface area contributed by atoms with Gasteiger partial charge in [-0.2, -0.15) is 12.7 Å². The fourth-order valence-corrected chi connectivity index (χ4v) is 4.34. The van der Waals surface area contributed by atoms with E-state index in [-0.39, 0.29) is 12.1 Å². The molecule has 3 atom stereocenters. The van der Waals surface area contributed by atoms with E-state index in [2.05, 4.69) is 10.0 Å². The van der Waals surface area contributed by atoms with Gasteiger partial charge in [-0.05, 0) is 52.1 Å². The van der Waals surface area contributed by atoms with Crippen molar-refractivity contribution in [1.29, 1.82) is 0 Å². The van der Waals surface area contributed by atoms with E-state index >= 15 is 0 Å². The van der Waals surface area contributed by atoms with Crippen LogP contribution in [0.15, 0.2) is 0 Å². The van der Waals surface area contributed by atoms with Gasteiger partial charge in [0.2, 0.25) is 0 Å². The lowest BCUT2D eigenvalue weighted by molar-refractivity contribution is -0.0175. The molecule has 0 aromatic carbocycles. The van der Waals surface area contributed by atoms with E-state index in [1.165, 1.54) is 17.1 Å². The maximum absolute atomic E-state index is 12.3. The summed E-state index contributed by atoms with van der Waals surface area (Å²) in [5, 5.41) is 3.35. The van der Waals surface area contributed by atoms with Gasteiger partial charge in [0, 0.05) is 19.1 Å². The summed E-state index contributed by atoms with van der Waals surface area (Å²) in [6.45, 7) is 7.31. The SMILES string of the molecule is C[C@@H]1CN(S(=O)(=O)NCC[C@@H]2CCCNC2)[C@H](C)CO1. The average Bonchev–Trinajstić information content (AvgIpc) is 2.42. The molecule has 2 saturated heterocycles. The summed E-state index contributed by atoms with van der Waals surface area (Å²) in [6, 6.07) is -0.0972. The molecule has 2 aliphatic rings. The van der Waals surface area contributed by atoms with Gasteiger partial charge in [0.15, 0.2) is 0 Å². The fraction of sp³-hybridized carbons (Fsp3) is 1.00. The average molecular weight is 305 g/mol. The Hall–Kier alpha value is -0.210. The number of piperidine rings is 1. The highest BCUT2D eigenvalue weighted by Crippen LogP contribution is 2.16. The van der Waals surface area contributed by atoms with Crippen LogP contribution in [0, 0.1) is 5.92 Å². The van der Waals surface area contributed by atoms with E-state index < -0.39 is 10.2 Å². The lowest BCUT2D eigenvalue weighted by Crippen LogP contribution is -2.54. The van der Waals surface area contributed by atoms with Crippen molar-refractivity contribution in [2.24, 2.45) is 5.92 Å². The number of morpholine rings is 1. The van der Waals surface area contributed by atoms with Crippen LogP contribution in [0.3, 0.4) is 0 Å². The van der Waals surface area contributed by atoms with Crippen molar-refractivity contribution >= 4 is 10.2 Å². The van der Waals surface area contributed by atoms with Crippen LogP contribution in [0.2, 0.25) is 0 Å². The zero-order valence-electron chi connectivity index (χ0n) is 12.5. The van der Waals surface area contributed by atoms with E-state index in [1.807, 2.05) is 13.8 Å². The molecule has 0 unspecified atom stereocenters. The molecule has 0 aliphatic carbocycles. The first-order chi connectivity index (χ1) is 9.49. The Morgan fingerprint density at radius 2 is 2.20 bits per heavy atom. The monoisotopic (exact) mass is 305 g/mol. The quantitative estimate of drug-likeness (QED) is 0.767. The van der Waals surface area contributed by atoms with Gasteiger partial charge in [-0.15, -0.1) is 0 Å². The van der Waals surface area contributed by atoms with E-state index in [0.717, 1.165) is 19.5 Å².